The van der Waals surface area contributed by atoms with Crippen molar-refractivity contribution in [2.75, 3.05) is 0 Å². The maximum atomic E-state index is 12.6. The fraction of sp³-hybridized carbons (Fsp3) is 0.267. The molecule has 2 aromatic rings. The van der Waals surface area contributed by atoms with Crippen LogP contribution in [0.2, 0.25) is 0 Å². The minimum atomic E-state index is -0.591. The monoisotopic (exact) mass is 296 g/mol. The van der Waals surface area contributed by atoms with Crippen LogP contribution < -0.4 is 5.32 Å². The smallest absolute Gasteiger partial charge is 0.255 e. The van der Waals surface area contributed by atoms with Crippen LogP contribution in [0.1, 0.15) is 28.8 Å². The number of aromatic nitrogens is 2. The van der Waals surface area contributed by atoms with Gasteiger partial charge < -0.3 is 4.90 Å². The van der Waals surface area contributed by atoms with E-state index in [9.17, 15) is 14.4 Å². The lowest BCUT2D eigenvalue weighted by molar-refractivity contribution is -0.136. The average Bonchev–Trinajstić information content (AvgIpc) is 2.82. The number of imide groups is 1. The summed E-state index contributed by atoms with van der Waals surface area (Å²) in [6, 6.07) is 3.03. The van der Waals surface area contributed by atoms with Crippen LogP contribution in [0.25, 0.3) is 10.9 Å². The molecule has 0 aliphatic carbocycles. The molecule has 1 aromatic carbocycles. The van der Waals surface area contributed by atoms with Gasteiger partial charge in [-0.05, 0) is 24.1 Å². The summed E-state index contributed by atoms with van der Waals surface area (Å²) in [5.41, 5.74) is 2.13. The van der Waals surface area contributed by atoms with Crippen molar-refractivity contribution in [2.45, 2.75) is 25.4 Å². The Bertz CT molecular complexity index is 833. The normalized spacial score (nSPS) is 21.2. The molecule has 1 saturated heterocycles. The van der Waals surface area contributed by atoms with E-state index in [0.29, 0.717) is 24.0 Å². The Labute approximate surface area is 125 Å². The van der Waals surface area contributed by atoms with Gasteiger partial charge in [-0.15, -0.1) is 0 Å². The third kappa shape index (κ3) is 1.86. The fourth-order valence-electron chi connectivity index (χ4n) is 3.05. The topological polar surface area (TPSA) is 92.3 Å². The first kappa shape index (κ1) is 12.9. The lowest BCUT2D eigenvalue weighted by Gasteiger charge is -2.29. The highest BCUT2D eigenvalue weighted by Crippen LogP contribution is 2.29. The Morgan fingerprint density at radius 2 is 2.09 bits per heavy atom. The van der Waals surface area contributed by atoms with Crippen LogP contribution in [0, 0.1) is 0 Å². The van der Waals surface area contributed by atoms with Crippen LogP contribution in [-0.4, -0.2) is 38.6 Å². The molecule has 22 heavy (non-hydrogen) atoms. The second-order valence-corrected chi connectivity index (χ2v) is 5.49. The highest BCUT2D eigenvalue weighted by molar-refractivity contribution is 6.06. The fourth-order valence-corrected chi connectivity index (χ4v) is 3.05. The first-order chi connectivity index (χ1) is 10.6. The molecule has 1 aromatic heterocycles. The number of fused-ring (bicyclic) bond motifs is 2. The maximum absolute atomic E-state index is 12.6. The molecular formula is C15H12N4O3. The molecule has 2 aliphatic heterocycles. The zero-order chi connectivity index (χ0) is 15.3. The predicted molar refractivity (Wildman–Crippen MR) is 75.6 cm³/mol. The first-order valence-corrected chi connectivity index (χ1v) is 7.01. The van der Waals surface area contributed by atoms with E-state index >= 15 is 0 Å². The number of carbonyl (C=O) groups excluding carboxylic acids is 3. The summed E-state index contributed by atoms with van der Waals surface area (Å²) in [6.07, 6.45) is 3.75. The molecule has 7 heteroatoms. The van der Waals surface area contributed by atoms with Gasteiger partial charge in [0, 0.05) is 30.1 Å². The van der Waals surface area contributed by atoms with Crippen molar-refractivity contribution in [3.05, 3.63) is 35.8 Å². The molecule has 0 radical (unpaired) electrons. The molecule has 0 bridgehead atoms. The predicted octanol–water partition coefficient (Wildman–Crippen LogP) is 0.391. The molecule has 2 aliphatic rings. The van der Waals surface area contributed by atoms with E-state index in [4.69, 9.17) is 0 Å². The van der Waals surface area contributed by atoms with Gasteiger partial charge in [-0.3, -0.25) is 19.7 Å². The molecule has 4 rings (SSSR count). The minimum absolute atomic E-state index is 0.190. The van der Waals surface area contributed by atoms with Crippen molar-refractivity contribution >= 4 is 28.6 Å². The average molecular weight is 296 g/mol. The van der Waals surface area contributed by atoms with Gasteiger partial charge in [0.25, 0.3) is 5.91 Å². The number of benzene rings is 1. The molecule has 1 atom stereocenters. The molecule has 7 nitrogen and oxygen atoms in total. The van der Waals surface area contributed by atoms with Crippen LogP contribution in [0.3, 0.4) is 0 Å². The third-order valence-corrected chi connectivity index (χ3v) is 4.15. The SMILES string of the molecule is O=C1CCC(N2Cc3cc4cncnc4cc3C2=O)C(=O)N1. The number of amides is 3. The lowest BCUT2D eigenvalue weighted by Crippen LogP contribution is -2.52. The number of carbonyl (C=O) groups is 3. The second-order valence-electron chi connectivity index (χ2n) is 5.49. The van der Waals surface area contributed by atoms with Gasteiger partial charge in [0.05, 0.1) is 5.52 Å². The number of nitrogens with zero attached hydrogens (tertiary/aromatic N) is 3. The van der Waals surface area contributed by atoms with Gasteiger partial charge in [-0.25, -0.2) is 9.97 Å². The van der Waals surface area contributed by atoms with Crippen molar-refractivity contribution < 1.29 is 14.4 Å². The van der Waals surface area contributed by atoms with Crippen LogP contribution in [0.4, 0.5) is 0 Å². The molecule has 1 fully saturated rings. The molecule has 110 valence electrons. The number of piperidine rings is 1. The van der Waals surface area contributed by atoms with Crippen molar-refractivity contribution in [2.24, 2.45) is 0 Å². The van der Waals surface area contributed by atoms with E-state index in [2.05, 4.69) is 15.3 Å². The Balaban J connectivity index is 1.71. The lowest BCUT2D eigenvalue weighted by atomic mass is 10.0. The maximum Gasteiger partial charge on any atom is 0.255 e. The quantitative estimate of drug-likeness (QED) is 0.769. The molecule has 3 heterocycles. The Morgan fingerprint density at radius 3 is 2.91 bits per heavy atom. The van der Waals surface area contributed by atoms with Crippen molar-refractivity contribution in [1.29, 1.82) is 0 Å². The summed E-state index contributed by atoms with van der Waals surface area (Å²) < 4.78 is 0. The van der Waals surface area contributed by atoms with Gasteiger partial charge in [0.15, 0.2) is 0 Å². The van der Waals surface area contributed by atoms with Crippen LogP contribution in [-0.2, 0) is 16.1 Å². The van der Waals surface area contributed by atoms with E-state index in [0.717, 1.165) is 10.9 Å². The second kappa shape index (κ2) is 4.59. The summed E-state index contributed by atoms with van der Waals surface area (Å²) in [5, 5.41) is 3.15. The molecular weight excluding hydrogens is 284 g/mol. The highest BCUT2D eigenvalue weighted by atomic mass is 16.2. The van der Waals surface area contributed by atoms with Gasteiger partial charge in [0.2, 0.25) is 11.8 Å². The number of nitrogens with one attached hydrogen (secondary N) is 1. The molecule has 1 unspecified atom stereocenters. The largest absolute Gasteiger partial charge is 0.322 e. The summed E-state index contributed by atoms with van der Waals surface area (Å²) >= 11 is 0. The van der Waals surface area contributed by atoms with Crippen molar-refractivity contribution in [3.8, 4) is 0 Å². The zero-order valence-corrected chi connectivity index (χ0v) is 11.6. The first-order valence-electron chi connectivity index (χ1n) is 7.01. The number of hydrogen-bond donors (Lipinski definition) is 1. The van der Waals surface area contributed by atoms with Crippen LogP contribution in [0.5, 0.6) is 0 Å². The molecule has 1 N–H and O–H groups in total. The van der Waals surface area contributed by atoms with E-state index in [1.807, 2.05) is 6.07 Å². The Hall–Kier alpha value is -2.83. The Kier molecular flexibility index (Phi) is 2.69. The van der Waals surface area contributed by atoms with Crippen LogP contribution in [0.15, 0.2) is 24.7 Å². The number of hydrogen-bond acceptors (Lipinski definition) is 5. The van der Waals surface area contributed by atoms with Gasteiger partial charge in [-0.1, -0.05) is 0 Å². The highest BCUT2D eigenvalue weighted by Gasteiger charge is 2.39. The van der Waals surface area contributed by atoms with Crippen LogP contribution >= 0.6 is 0 Å². The molecule has 0 spiro atoms. The standard InChI is InChI=1S/C15H12N4O3/c20-13-2-1-12(14(21)18-13)19-6-9-3-8-5-16-7-17-11(8)4-10(9)15(19)22/h3-5,7,12H,1-2,6H2,(H,18,20,21). The van der Waals surface area contributed by atoms with E-state index in [1.54, 1.807) is 12.3 Å². The number of rotatable bonds is 1. The zero-order valence-electron chi connectivity index (χ0n) is 11.6. The summed E-state index contributed by atoms with van der Waals surface area (Å²) in [7, 11) is 0. The minimum Gasteiger partial charge on any atom is -0.322 e. The van der Waals surface area contributed by atoms with E-state index < -0.39 is 11.9 Å². The summed E-state index contributed by atoms with van der Waals surface area (Å²) in [5.74, 6) is -0.877. The van der Waals surface area contributed by atoms with Crippen molar-refractivity contribution in [3.63, 3.8) is 0 Å². The molecule has 3 amide bonds. The van der Waals surface area contributed by atoms with Gasteiger partial charge in [-0.2, -0.15) is 0 Å². The van der Waals surface area contributed by atoms with E-state index in [-0.39, 0.29) is 18.2 Å². The van der Waals surface area contributed by atoms with Gasteiger partial charge in [0.1, 0.15) is 12.4 Å². The van der Waals surface area contributed by atoms with Gasteiger partial charge >= 0.3 is 0 Å². The summed E-state index contributed by atoms with van der Waals surface area (Å²) in [6.45, 7) is 0.366. The van der Waals surface area contributed by atoms with E-state index in [1.165, 1.54) is 11.2 Å². The molecule has 0 saturated carbocycles. The summed E-state index contributed by atoms with van der Waals surface area (Å²) in [4.78, 5) is 45.5. The van der Waals surface area contributed by atoms with Crippen molar-refractivity contribution in [1.82, 2.24) is 20.2 Å². The third-order valence-electron chi connectivity index (χ3n) is 4.15. The Morgan fingerprint density at radius 1 is 1.23 bits per heavy atom.